The zero-order chi connectivity index (χ0) is 24.3. The summed E-state index contributed by atoms with van der Waals surface area (Å²) in [4.78, 5) is 28.7. The van der Waals surface area contributed by atoms with Crippen LogP contribution < -0.4 is 16.5 Å². The lowest BCUT2D eigenvalue weighted by atomic mass is 10.0. The van der Waals surface area contributed by atoms with Crippen LogP contribution in [0.3, 0.4) is 0 Å². The molecular formula is C28H22N4O3. The Morgan fingerprint density at radius 2 is 1.63 bits per heavy atom. The fraction of sp³-hybridized carbons (Fsp3) is 0.107. The van der Waals surface area contributed by atoms with Crippen LogP contribution in [0, 0.1) is 13.8 Å². The van der Waals surface area contributed by atoms with Gasteiger partial charge in [-0.2, -0.15) is 0 Å². The molecule has 0 saturated heterocycles. The first kappa shape index (κ1) is 20.9. The molecule has 35 heavy (non-hydrogen) atoms. The maximum absolute atomic E-state index is 13.0. The van der Waals surface area contributed by atoms with E-state index < -0.39 is 0 Å². The lowest BCUT2D eigenvalue weighted by Crippen LogP contribution is -2.24. The van der Waals surface area contributed by atoms with E-state index in [9.17, 15) is 9.59 Å². The topological polar surface area (TPSA) is 103 Å². The van der Waals surface area contributed by atoms with Crippen LogP contribution in [0.25, 0.3) is 38.4 Å². The molecule has 0 aliphatic carbocycles. The number of aryl methyl sites for hydroxylation is 2. The molecule has 0 fully saturated rings. The second-order valence-corrected chi connectivity index (χ2v) is 8.80. The Morgan fingerprint density at radius 3 is 2.37 bits per heavy atom. The van der Waals surface area contributed by atoms with Gasteiger partial charge in [-0.05, 0) is 67.4 Å². The summed E-state index contributed by atoms with van der Waals surface area (Å²) in [5.74, 6) is 0.307. The molecule has 172 valence electrons. The molecule has 4 heterocycles. The first-order valence-electron chi connectivity index (χ1n) is 11.3. The van der Waals surface area contributed by atoms with E-state index in [1.54, 1.807) is 12.4 Å². The number of carbonyl (C=O) groups is 1. The van der Waals surface area contributed by atoms with Gasteiger partial charge in [-0.1, -0.05) is 0 Å². The number of fused-ring (bicyclic) bond motifs is 8. The van der Waals surface area contributed by atoms with E-state index in [1.165, 1.54) is 12.1 Å². The number of benzene rings is 3. The smallest absolute Gasteiger partial charge is 0.251 e. The Morgan fingerprint density at radius 1 is 0.943 bits per heavy atom. The fourth-order valence-electron chi connectivity index (χ4n) is 4.77. The molecule has 7 heteroatoms. The highest BCUT2D eigenvalue weighted by Gasteiger charge is 2.19. The molecule has 0 atom stereocenters. The highest BCUT2D eigenvalue weighted by molar-refractivity contribution is 6.26. The second-order valence-electron chi connectivity index (χ2n) is 8.80. The summed E-state index contributed by atoms with van der Waals surface area (Å²) in [5, 5.41) is 6.88. The van der Waals surface area contributed by atoms with Gasteiger partial charge in [0.05, 0.1) is 0 Å². The SMILES string of the molecule is Cc1cc(N)nc(C)c1CNC(=O)c1ccc2c(c1)c1oc2c2ccc(-n3ccc(=O)cc3)cc21. The van der Waals surface area contributed by atoms with Gasteiger partial charge in [0, 0.05) is 69.6 Å². The third kappa shape index (κ3) is 3.40. The Labute approximate surface area is 200 Å². The zero-order valence-electron chi connectivity index (χ0n) is 19.3. The van der Waals surface area contributed by atoms with Gasteiger partial charge in [-0.25, -0.2) is 4.98 Å². The Kier molecular flexibility index (Phi) is 4.60. The number of hydrogen-bond acceptors (Lipinski definition) is 5. The highest BCUT2D eigenvalue weighted by Crippen LogP contribution is 2.41. The second kappa shape index (κ2) is 7.70. The van der Waals surface area contributed by atoms with E-state index in [1.807, 2.05) is 60.9 Å². The van der Waals surface area contributed by atoms with Crippen molar-refractivity contribution in [2.75, 3.05) is 5.73 Å². The molecule has 0 spiro atoms. The number of nitrogens with zero attached hydrogens (tertiary/aromatic N) is 2. The lowest BCUT2D eigenvalue weighted by molar-refractivity contribution is 0.0951. The van der Waals surface area contributed by atoms with Crippen LogP contribution in [0.15, 0.2) is 76.2 Å². The molecule has 3 N–H and O–H groups in total. The zero-order valence-corrected chi connectivity index (χ0v) is 19.3. The lowest BCUT2D eigenvalue weighted by Gasteiger charge is -2.12. The van der Waals surface area contributed by atoms with Crippen LogP contribution in [-0.4, -0.2) is 15.5 Å². The molecule has 4 aromatic heterocycles. The van der Waals surface area contributed by atoms with Crippen molar-refractivity contribution in [1.82, 2.24) is 14.9 Å². The van der Waals surface area contributed by atoms with Crippen LogP contribution in [0.1, 0.15) is 27.2 Å². The minimum Gasteiger partial charge on any atom is -0.455 e. The highest BCUT2D eigenvalue weighted by atomic mass is 16.3. The monoisotopic (exact) mass is 462 g/mol. The van der Waals surface area contributed by atoms with Crippen LogP contribution in [0.4, 0.5) is 5.82 Å². The van der Waals surface area contributed by atoms with Crippen LogP contribution in [0.5, 0.6) is 0 Å². The minimum absolute atomic E-state index is 0.0348. The average Bonchev–Trinajstić information content (AvgIpc) is 3.40. The number of rotatable bonds is 4. The quantitative estimate of drug-likeness (QED) is 0.365. The number of nitrogens with one attached hydrogen (secondary N) is 1. The van der Waals surface area contributed by atoms with Crippen molar-refractivity contribution in [3.63, 3.8) is 0 Å². The van der Waals surface area contributed by atoms with Crippen molar-refractivity contribution in [1.29, 1.82) is 0 Å². The van der Waals surface area contributed by atoms with E-state index in [0.29, 0.717) is 17.9 Å². The molecule has 6 aromatic rings. The Balaban J connectivity index is 1.35. The maximum Gasteiger partial charge on any atom is 0.251 e. The third-order valence-electron chi connectivity index (χ3n) is 6.56. The van der Waals surface area contributed by atoms with E-state index in [2.05, 4.69) is 10.3 Å². The van der Waals surface area contributed by atoms with Gasteiger partial charge in [-0.3, -0.25) is 9.59 Å². The van der Waals surface area contributed by atoms with Crippen LogP contribution >= 0.6 is 0 Å². The number of hydrogen-bond donors (Lipinski definition) is 2. The van der Waals surface area contributed by atoms with E-state index in [0.717, 1.165) is 55.2 Å². The number of pyridine rings is 2. The number of carbonyl (C=O) groups excluding carboxylic acids is 1. The summed E-state index contributed by atoms with van der Waals surface area (Å²) in [6, 6.07) is 16.6. The molecule has 2 aromatic carbocycles. The predicted octanol–water partition coefficient (Wildman–Crippen LogP) is 4.85. The molecular weight excluding hydrogens is 440 g/mol. The molecule has 0 saturated carbocycles. The molecule has 1 amide bonds. The molecule has 0 unspecified atom stereocenters. The molecule has 7 nitrogen and oxygen atoms in total. The van der Waals surface area contributed by atoms with Gasteiger partial charge in [0.1, 0.15) is 17.0 Å². The van der Waals surface area contributed by atoms with E-state index >= 15 is 0 Å². The number of nitrogen functional groups attached to an aromatic ring is 1. The normalized spacial score (nSPS) is 11.6. The average molecular weight is 463 g/mol. The summed E-state index contributed by atoms with van der Waals surface area (Å²) >= 11 is 0. The van der Waals surface area contributed by atoms with Crippen molar-refractivity contribution in [3.8, 4) is 5.69 Å². The van der Waals surface area contributed by atoms with E-state index in [-0.39, 0.29) is 11.3 Å². The van der Waals surface area contributed by atoms with Crippen molar-refractivity contribution in [3.05, 3.63) is 99.6 Å². The minimum atomic E-state index is -0.168. The van der Waals surface area contributed by atoms with Gasteiger partial charge in [0.2, 0.25) is 0 Å². The summed E-state index contributed by atoms with van der Waals surface area (Å²) in [5.41, 5.74) is 11.6. The van der Waals surface area contributed by atoms with Crippen molar-refractivity contribution >= 4 is 44.4 Å². The first-order chi connectivity index (χ1) is 16.9. The third-order valence-corrected chi connectivity index (χ3v) is 6.56. The van der Waals surface area contributed by atoms with Crippen LogP contribution in [0.2, 0.25) is 0 Å². The fourth-order valence-corrected chi connectivity index (χ4v) is 4.77. The van der Waals surface area contributed by atoms with Crippen LogP contribution in [-0.2, 0) is 6.54 Å². The number of amides is 1. The summed E-state index contributed by atoms with van der Waals surface area (Å²) < 4.78 is 8.04. The van der Waals surface area contributed by atoms with Gasteiger partial charge in [0.25, 0.3) is 5.91 Å². The predicted molar refractivity (Wildman–Crippen MR) is 137 cm³/mol. The largest absolute Gasteiger partial charge is 0.455 e. The van der Waals surface area contributed by atoms with Gasteiger partial charge in [0.15, 0.2) is 5.43 Å². The van der Waals surface area contributed by atoms with Gasteiger partial charge < -0.3 is 20.0 Å². The number of furan rings is 2. The first-order valence-corrected chi connectivity index (χ1v) is 11.3. The molecule has 6 rings (SSSR count). The summed E-state index contributed by atoms with van der Waals surface area (Å²) in [6.45, 7) is 4.22. The van der Waals surface area contributed by atoms with Crippen molar-refractivity contribution in [2.24, 2.45) is 0 Å². The number of anilines is 1. The molecule has 2 bridgehead atoms. The van der Waals surface area contributed by atoms with Crippen molar-refractivity contribution < 1.29 is 9.21 Å². The molecule has 0 aliphatic heterocycles. The number of nitrogens with two attached hydrogens (primary N) is 1. The Bertz CT molecular complexity index is 1790. The van der Waals surface area contributed by atoms with Crippen molar-refractivity contribution in [2.45, 2.75) is 20.4 Å². The summed E-state index contributed by atoms with van der Waals surface area (Å²) in [7, 11) is 0. The standard InChI is InChI=1S/C28H22N4O3/c1-15-11-25(29)31-16(2)24(15)14-30-28(34)17-3-5-20-22(12-17)27-23-13-18(4-6-21(23)26(20)35-27)32-9-7-19(33)8-10-32/h3-13H,14H2,1-2H3,(H2,29,31)(H,30,34). The summed E-state index contributed by atoms with van der Waals surface area (Å²) in [6.07, 6.45) is 3.48. The molecule has 0 radical (unpaired) electrons. The van der Waals surface area contributed by atoms with Gasteiger partial charge >= 0.3 is 0 Å². The van der Waals surface area contributed by atoms with E-state index in [4.69, 9.17) is 10.2 Å². The van der Waals surface area contributed by atoms with Gasteiger partial charge in [-0.15, -0.1) is 0 Å². The Hall–Kier alpha value is -4.65. The molecule has 0 aliphatic rings. The maximum atomic E-state index is 13.0. The number of aromatic nitrogens is 2.